The van der Waals surface area contributed by atoms with Gasteiger partial charge in [-0.1, -0.05) is 49.4 Å². The first-order valence-corrected chi connectivity index (χ1v) is 12.3. The van der Waals surface area contributed by atoms with Crippen molar-refractivity contribution in [3.05, 3.63) is 78.0 Å². The van der Waals surface area contributed by atoms with Gasteiger partial charge >= 0.3 is 0 Å². The Bertz CT molecular complexity index is 1170. The fourth-order valence-corrected chi connectivity index (χ4v) is 4.55. The molecule has 0 aliphatic carbocycles. The zero-order valence-electron chi connectivity index (χ0n) is 21.4. The molecule has 1 aliphatic heterocycles. The van der Waals surface area contributed by atoms with Gasteiger partial charge < -0.3 is 19.5 Å². The minimum absolute atomic E-state index is 0.0363. The molecule has 2 heterocycles. The lowest BCUT2D eigenvalue weighted by molar-refractivity contribution is 0.0325. The highest BCUT2D eigenvalue weighted by molar-refractivity contribution is 5.98. The summed E-state index contributed by atoms with van der Waals surface area (Å²) in [5, 5.41) is 9.90. The summed E-state index contributed by atoms with van der Waals surface area (Å²) in [7, 11) is 3.70. The Balaban J connectivity index is 1.66. The standard InChI is InChI=1S/C29H35N3O4/c1-20-16-32(21(2)19-33)29(34)26-14-24(23-11-8-12-25(13-23)35-4)15-30-28(26)36-27(20)18-31(3)17-22-9-6-5-7-10-22/h5-15,20-21,27,33H,16-19H2,1-4H3/t20-,21-,27-/m0/s1. The van der Waals surface area contributed by atoms with Crippen LogP contribution in [0.3, 0.4) is 0 Å². The second-order valence-electron chi connectivity index (χ2n) is 9.61. The van der Waals surface area contributed by atoms with E-state index in [1.807, 2.05) is 55.5 Å². The monoisotopic (exact) mass is 489 g/mol. The van der Waals surface area contributed by atoms with E-state index in [0.717, 1.165) is 23.4 Å². The summed E-state index contributed by atoms with van der Waals surface area (Å²) >= 11 is 0. The number of amides is 1. The molecular weight excluding hydrogens is 454 g/mol. The summed E-state index contributed by atoms with van der Waals surface area (Å²) in [5.74, 6) is 0.903. The molecule has 0 saturated heterocycles. The number of ether oxygens (including phenoxy) is 2. The van der Waals surface area contributed by atoms with E-state index in [4.69, 9.17) is 9.47 Å². The van der Waals surface area contributed by atoms with Crippen LogP contribution in [0.25, 0.3) is 11.1 Å². The molecule has 2 aromatic carbocycles. The van der Waals surface area contributed by atoms with E-state index in [0.29, 0.717) is 24.5 Å². The fourth-order valence-electron chi connectivity index (χ4n) is 4.55. The Labute approximate surface area is 213 Å². The first-order chi connectivity index (χ1) is 17.4. The number of carbonyl (C=O) groups excluding carboxylic acids is 1. The molecule has 7 heteroatoms. The van der Waals surface area contributed by atoms with Crippen molar-refractivity contribution in [3.63, 3.8) is 0 Å². The number of nitrogens with zero attached hydrogens (tertiary/aromatic N) is 3. The minimum Gasteiger partial charge on any atom is -0.497 e. The molecule has 1 aromatic heterocycles. The van der Waals surface area contributed by atoms with Gasteiger partial charge in [-0.05, 0) is 43.3 Å². The van der Waals surface area contributed by atoms with Crippen molar-refractivity contribution in [2.75, 3.05) is 33.9 Å². The quantitative estimate of drug-likeness (QED) is 0.513. The number of pyridine rings is 1. The van der Waals surface area contributed by atoms with Crippen LogP contribution in [0.5, 0.6) is 11.6 Å². The molecule has 1 aliphatic rings. The Morgan fingerprint density at radius 2 is 1.94 bits per heavy atom. The molecule has 3 atom stereocenters. The van der Waals surface area contributed by atoms with Gasteiger partial charge in [-0.3, -0.25) is 9.69 Å². The van der Waals surface area contributed by atoms with Gasteiger partial charge in [-0.2, -0.15) is 0 Å². The summed E-state index contributed by atoms with van der Waals surface area (Å²) in [6, 6.07) is 19.5. The molecule has 36 heavy (non-hydrogen) atoms. The maximum atomic E-state index is 13.7. The third kappa shape index (κ3) is 5.86. The number of likely N-dealkylation sites (N-methyl/N-ethyl adjacent to an activating group) is 1. The average Bonchev–Trinajstić information content (AvgIpc) is 2.90. The molecule has 0 spiro atoms. The second kappa shape index (κ2) is 11.5. The van der Waals surface area contributed by atoms with Crippen LogP contribution >= 0.6 is 0 Å². The van der Waals surface area contributed by atoms with E-state index < -0.39 is 0 Å². The van der Waals surface area contributed by atoms with Crippen molar-refractivity contribution in [3.8, 4) is 22.8 Å². The van der Waals surface area contributed by atoms with Crippen LogP contribution in [-0.2, 0) is 6.54 Å². The Hall–Kier alpha value is -3.42. The number of aromatic nitrogens is 1. The van der Waals surface area contributed by atoms with Gasteiger partial charge in [0.1, 0.15) is 17.4 Å². The summed E-state index contributed by atoms with van der Waals surface area (Å²) in [6.07, 6.45) is 1.55. The van der Waals surface area contributed by atoms with Crippen LogP contribution in [0.4, 0.5) is 0 Å². The lowest BCUT2D eigenvalue weighted by Gasteiger charge is -2.37. The third-order valence-corrected chi connectivity index (χ3v) is 6.71. The SMILES string of the molecule is COc1cccc(-c2cnc3c(c2)C(=O)N([C@@H](C)CO)C[C@H](C)[C@H](CN(C)Cc2ccccc2)O3)c1. The minimum atomic E-state index is -0.325. The summed E-state index contributed by atoms with van der Waals surface area (Å²) in [6.45, 7) is 5.77. The molecule has 0 fully saturated rings. The highest BCUT2D eigenvalue weighted by atomic mass is 16.5. The van der Waals surface area contributed by atoms with Crippen LogP contribution in [-0.4, -0.2) is 71.8 Å². The summed E-state index contributed by atoms with van der Waals surface area (Å²) in [5.41, 5.74) is 3.32. The molecule has 3 aromatic rings. The van der Waals surface area contributed by atoms with Gasteiger partial charge in [0.25, 0.3) is 5.91 Å². The van der Waals surface area contributed by atoms with Gasteiger partial charge in [0.05, 0.1) is 19.8 Å². The molecule has 1 amide bonds. The van der Waals surface area contributed by atoms with E-state index in [1.165, 1.54) is 5.56 Å². The average molecular weight is 490 g/mol. The van der Waals surface area contributed by atoms with Crippen molar-refractivity contribution in [1.82, 2.24) is 14.8 Å². The topological polar surface area (TPSA) is 75.1 Å². The van der Waals surface area contributed by atoms with Gasteiger partial charge in [0.15, 0.2) is 0 Å². The molecule has 0 saturated carbocycles. The molecule has 7 nitrogen and oxygen atoms in total. The number of methoxy groups -OCH3 is 1. The number of benzene rings is 2. The summed E-state index contributed by atoms with van der Waals surface area (Å²) < 4.78 is 11.8. The summed E-state index contributed by atoms with van der Waals surface area (Å²) in [4.78, 5) is 22.2. The lowest BCUT2D eigenvalue weighted by Crippen LogP contribution is -2.49. The van der Waals surface area contributed by atoms with Gasteiger partial charge in [0.2, 0.25) is 5.88 Å². The number of hydrogen-bond donors (Lipinski definition) is 1. The Morgan fingerprint density at radius 1 is 1.17 bits per heavy atom. The van der Waals surface area contributed by atoms with Crippen LogP contribution in [0.15, 0.2) is 66.9 Å². The highest BCUT2D eigenvalue weighted by Crippen LogP contribution is 2.31. The highest BCUT2D eigenvalue weighted by Gasteiger charge is 2.34. The van der Waals surface area contributed by atoms with Crippen LogP contribution in [0.1, 0.15) is 29.8 Å². The molecule has 1 N–H and O–H groups in total. The van der Waals surface area contributed by atoms with Crippen molar-refractivity contribution in [2.45, 2.75) is 32.5 Å². The van der Waals surface area contributed by atoms with E-state index in [2.05, 4.69) is 36.0 Å². The smallest absolute Gasteiger partial charge is 0.259 e. The fraction of sp³-hybridized carbons (Fsp3) is 0.379. The van der Waals surface area contributed by atoms with Crippen LogP contribution < -0.4 is 9.47 Å². The number of aliphatic hydroxyl groups excluding tert-OH is 1. The van der Waals surface area contributed by atoms with E-state index in [-0.39, 0.29) is 30.6 Å². The van der Waals surface area contributed by atoms with Crippen molar-refractivity contribution in [2.24, 2.45) is 5.92 Å². The zero-order chi connectivity index (χ0) is 25.7. The number of fused-ring (bicyclic) bond motifs is 1. The van der Waals surface area contributed by atoms with Gasteiger partial charge in [-0.25, -0.2) is 4.98 Å². The molecular formula is C29H35N3O4. The van der Waals surface area contributed by atoms with Crippen molar-refractivity contribution < 1.29 is 19.4 Å². The number of carbonyl (C=O) groups is 1. The lowest BCUT2D eigenvalue weighted by atomic mass is 9.99. The Kier molecular flexibility index (Phi) is 8.23. The second-order valence-corrected chi connectivity index (χ2v) is 9.61. The van der Waals surface area contributed by atoms with Gasteiger partial charge in [-0.15, -0.1) is 0 Å². The number of rotatable bonds is 8. The molecule has 0 radical (unpaired) electrons. The maximum Gasteiger partial charge on any atom is 0.259 e. The molecule has 0 bridgehead atoms. The number of hydrogen-bond acceptors (Lipinski definition) is 6. The molecule has 4 rings (SSSR count). The van der Waals surface area contributed by atoms with Crippen molar-refractivity contribution in [1.29, 1.82) is 0 Å². The maximum absolute atomic E-state index is 13.7. The zero-order valence-corrected chi connectivity index (χ0v) is 21.4. The third-order valence-electron chi connectivity index (χ3n) is 6.71. The van der Waals surface area contributed by atoms with Crippen molar-refractivity contribution >= 4 is 5.91 Å². The predicted octanol–water partition coefficient (Wildman–Crippen LogP) is 4.11. The predicted molar refractivity (Wildman–Crippen MR) is 140 cm³/mol. The van der Waals surface area contributed by atoms with E-state index in [9.17, 15) is 9.90 Å². The first-order valence-electron chi connectivity index (χ1n) is 12.3. The van der Waals surface area contributed by atoms with Gasteiger partial charge in [0, 0.05) is 37.3 Å². The van der Waals surface area contributed by atoms with Crippen LogP contribution in [0, 0.1) is 5.92 Å². The normalized spacial score (nSPS) is 18.7. The largest absolute Gasteiger partial charge is 0.497 e. The molecule has 0 unspecified atom stereocenters. The van der Waals surface area contributed by atoms with E-state index >= 15 is 0 Å². The van der Waals surface area contributed by atoms with Crippen LogP contribution in [0.2, 0.25) is 0 Å². The number of aliphatic hydroxyl groups is 1. The molecule has 190 valence electrons. The van der Waals surface area contributed by atoms with E-state index in [1.54, 1.807) is 18.2 Å². The Morgan fingerprint density at radius 3 is 2.67 bits per heavy atom. The first kappa shape index (κ1) is 25.7.